The summed E-state index contributed by atoms with van der Waals surface area (Å²) in [5.41, 5.74) is 2.30. The summed E-state index contributed by atoms with van der Waals surface area (Å²) in [6.45, 7) is 2.49. The van der Waals surface area contributed by atoms with Crippen LogP contribution in [0.5, 0.6) is 0 Å². The Kier molecular flexibility index (Phi) is 3.25. The molecule has 2 aromatic rings. The molecule has 0 unspecified atom stereocenters. The normalized spacial score (nSPS) is 14.6. The summed E-state index contributed by atoms with van der Waals surface area (Å²) in [5.74, 6) is 0.358. The summed E-state index contributed by atoms with van der Waals surface area (Å²) in [5, 5.41) is 3.41. The number of halogens is 1. The summed E-state index contributed by atoms with van der Waals surface area (Å²) >= 11 is 0. The van der Waals surface area contributed by atoms with Crippen molar-refractivity contribution in [1.29, 1.82) is 0 Å². The van der Waals surface area contributed by atoms with Gasteiger partial charge in [-0.05, 0) is 37.5 Å². The smallest absolute Gasteiger partial charge is 0.159 e. The second-order valence-corrected chi connectivity index (χ2v) is 4.99. The predicted octanol–water partition coefficient (Wildman–Crippen LogP) is 2.84. The van der Waals surface area contributed by atoms with Crippen molar-refractivity contribution in [2.24, 2.45) is 0 Å². The fourth-order valence-electron chi connectivity index (χ4n) is 1.90. The standard InChI is InChI=1S/C15H16FN3/c1-10-2-3-11(8-14(10)16)15-17-7-6-13(19-15)9-18-12-4-5-12/h2-3,6-8,12,18H,4-5,9H2,1H3. The first kappa shape index (κ1) is 12.2. The van der Waals surface area contributed by atoms with Crippen LogP contribution in [0, 0.1) is 12.7 Å². The molecule has 1 heterocycles. The first-order valence-electron chi connectivity index (χ1n) is 6.54. The van der Waals surface area contributed by atoms with Gasteiger partial charge in [0.05, 0.1) is 5.69 Å². The van der Waals surface area contributed by atoms with E-state index in [1.54, 1.807) is 19.2 Å². The van der Waals surface area contributed by atoms with E-state index >= 15 is 0 Å². The first-order valence-corrected chi connectivity index (χ1v) is 6.54. The Morgan fingerprint density at radius 2 is 2.16 bits per heavy atom. The number of nitrogens with zero attached hydrogens (tertiary/aromatic N) is 2. The summed E-state index contributed by atoms with van der Waals surface area (Å²) in [4.78, 5) is 8.69. The van der Waals surface area contributed by atoms with E-state index < -0.39 is 0 Å². The maximum atomic E-state index is 13.6. The number of aromatic nitrogens is 2. The van der Waals surface area contributed by atoms with Crippen molar-refractivity contribution in [2.45, 2.75) is 32.4 Å². The number of aryl methyl sites for hydroxylation is 1. The van der Waals surface area contributed by atoms with Crippen LogP contribution in [0.2, 0.25) is 0 Å². The number of hydrogen-bond acceptors (Lipinski definition) is 3. The lowest BCUT2D eigenvalue weighted by molar-refractivity contribution is 0.619. The molecule has 0 saturated heterocycles. The molecule has 1 saturated carbocycles. The molecule has 1 aliphatic rings. The van der Waals surface area contributed by atoms with E-state index in [0.717, 1.165) is 17.8 Å². The molecule has 0 radical (unpaired) electrons. The molecular weight excluding hydrogens is 241 g/mol. The number of rotatable bonds is 4. The minimum Gasteiger partial charge on any atom is -0.308 e. The van der Waals surface area contributed by atoms with Crippen LogP contribution in [-0.4, -0.2) is 16.0 Å². The minimum atomic E-state index is -0.220. The second-order valence-electron chi connectivity index (χ2n) is 4.99. The molecule has 0 bridgehead atoms. The Labute approximate surface area is 111 Å². The SMILES string of the molecule is Cc1ccc(-c2nccc(CNC3CC3)n2)cc1F. The Balaban J connectivity index is 1.82. The summed E-state index contributed by atoms with van der Waals surface area (Å²) in [7, 11) is 0. The van der Waals surface area contributed by atoms with Gasteiger partial charge in [0.1, 0.15) is 5.82 Å². The van der Waals surface area contributed by atoms with E-state index in [9.17, 15) is 4.39 Å². The number of nitrogens with one attached hydrogen (secondary N) is 1. The molecule has 0 atom stereocenters. The van der Waals surface area contributed by atoms with Gasteiger partial charge in [0.2, 0.25) is 0 Å². The second kappa shape index (κ2) is 5.05. The van der Waals surface area contributed by atoms with E-state index in [2.05, 4.69) is 15.3 Å². The molecular formula is C15H16FN3. The molecule has 1 fully saturated rings. The third-order valence-corrected chi connectivity index (χ3v) is 3.29. The molecule has 1 aliphatic carbocycles. The highest BCUT2D eigenvalue weighted by Crippen LogP contribution is 2.20. The molecule has 98 valence electrons. The van der Waals surface area contributed by atoms with E-state index in [1.165, 1.54) is 18.9 Å². The first-order chi connectivity index (χ1) is 9.22. The van der Waals surface area contributed by atoms with E-state index in [0.29, 0.717) is 17.4 Å². The third-order valence-electron chi connectivity index (χ3n) is 3.29. The summed E-state index contributed by atoms with van der Waals surface area (Å²) in [6.07, 6.45) is 4.23. The highest BCUT2D eigenvalue weighted by molar-refractivity contribution is 5.55. The molecule has 1 aromatic heterocycles. The van der Waals surface area contributed by atoms with Crippen molar-refractivity contribution in [1.82, 2.24) is 15.3 Å². The van der Waals surface area contributed by atoms with Crippen molar-refractivity contribution < 1.29 is 4.39 Å². The molecule has 0 aliphatic heterocycles. The molecule has 1 N–H and O–H groups in total. The fourth-order valence-corrected chi connectivity index (χ4v) is 1.90. The topological polar surface area (TPSA) is 37.8 Å². The third kappa shape index (κ3) is 2.96. The van der Waals surface area contributed by atoms with Gasteiger partial charge in [-0.15, -0.1) is 0 Å². The van der Waals surface area contributed by atoms with Crippen molar-refractivity contribution in [3.8, 4) is 11.4 Å². The van der Waals surface area contributed by atoms with Crippen molar-refractivity contribution >= 4 is 0 Å². The predicted molar refractivity (Wildman–Crippen MR) is 72.0 cm³/mol. The van der Waals surface area contributed by atoms with Gasteiger partial charge in [-0.2, -0.15) is 0 Å². The highest BCUT2D eigenvalue weighted by Gasteiger charge is 2.20. The van der Waals surface area contributed by atoms with E-state index in [1.807, 2.05) is 12.1 Å². The Hall–Kier alpha value is -1.81. The largest absolute Gasteiger partial charge is 0.308 e. The zero-order valence-electron chi connectivity index (χ0n) is 10.9. The molecule has 1 aromatic carbocycles. The highest BCUT2D eigenvalue weighted by atomic mass is 19.1. The van der Waals surface area contributed by atoms with Crippen LogP contribution >= 0.6 is 0 Å². The van der Waals surface area contributed by atoms with Gasteiger partial charge in [-0.25, -0.2) is 14.4 Å². The maximum absolute atomic E-state index is 13.6. The Bertz CT molecular complexity index is 594. The van der Waals surface area contributed by atoms with Gasteiger partial charge in [-0.3, -0.25) is 0 Å². The van der Waals surface area contributed by atoms with Gasteiger partial charge in [-0.1, -0.05) is 12.1 Å². The lowest BCUT2D eigenvalue weighted by Gasteiger charge is -2.05. The zero-order valence-corrected chi connectivity index (χ0v) is 10.9. The maximum Gasteiger partial charge on any atom is 0.159 e. The lowest BCUT2D eigenvalue weighted by atomic mass is 10.1. The van der Waals surface area contributed by atoms with Gasteiger partial charge < -0.3 is 5.32 Å². The molecule has 4 heteroatoms. The van der Waals surface area contributed by atoms with Crippen LogP contribution in [0.25, 0.3) is 11.4 Å². The summed E-state index contributed by atoms with van der Waals surface area (Å²) < 4.78 is 13.6. The molecule has 0 amide bonds. The monoisotopic (exact) mass is 257 g/mol. The zero-order chi connectivity index (χ0) is 13.2. The van der Waals surface area contributed by atoms with Gasteiger partial charge in [0.25, 0.3) is 0 Å². The minimum absolute atomic E-state index is 0.220. The lowest BCUT2D eigenvalue weighted by Crippen LogP contribution is -2.16. The average molecular weight is 257 g/mol. The van der Waals surface area contributed by atoms with Gasteiger partial charge >= 0.3 is 0 Å². The van der Waals surface area contributed by atoms with E-state index in [4.69, 9.17) is 0 Å². The van der Waals surface area contributed by atoms with Crippen LogP contribution in [0.4, 0.5) is 4.39 Å². The van der Waals surface area contributed by atoms with Crippen LogP contribution in [-0.2, 0) is 6.54 Å². The number of hydrogen-bond donors (Lipinski definition) is 1. The Morgan fingerprint density at radius 1 is 1.32 bits per heavy atom. The van der Waals surface area contributed by atoms with Crippen LogP contribution in [0.3, 0.4) is 0 Å². The van der Waals surface area contributed by atoms with Crippen molar-refractivity contribution in [3.05, 3.63) is 47.5 Å². The van der Waals surface area contributed by atoms with Crippen molar-refractivity contribution in [2.75, 3.05) is 0 Å². The summed E-state index contributed by atoms with van der Waals surface area (Å²) in [6, 6.07) is 7.64. The van der Waals surface area contributed by atoms with Crippen LogP contribution < -0.4 is 5.32 Å². The average Bonchev–Trinajstić information content (AvgIpc) is 3.24. The van der Waals surface area contributed by atoms with Gasteiger partial charge in [0, 0.05) is 24.3 Å². The van der Waals surface area contributed by atoms with Crippen LogP contribution in [0.1, 0.15) is 24.1 Å². The van der Waals surface area contributed by atoms with E-state index in [-0.39, 0.29) is 5.82 Å². The quantitative estimate of drug-likeness (QED) is 0.915. The van der Waals surface area contributed by atoms with Crippen molar-refractivity contribution in [3.63, 3.8) is 0 Å². The Morgan fingerprint density at radius 3 is 2.89 bits per heavy atom. The van der Waals surface area contributed by atoms with Gasteiger partial charge in [0.15, 0.2) is 5.82 Å². The van der Waals surface area contributed by atoms with Crippen LogP contribution in [0.15, 0.2) is 30.5 Å². The molecule has 3 rings (SSSR count). The fraction of sp³-hybridized carbons (Fsp3) is 0.333. The molecule has 19 heavy (non-hydrogen) atoms. The number of benzene rings is 1. The molecule has 3 nitrogen and oxygen atoms in total. The molecule has 0 spiro atoms.